The molecule has 0 aromatic carbocycles. The Kier molecular flexibility index (Phi) is 5.31. The summed E-state index contributed by atoms with van der Waals surface area (Å²) in [7, 11) is -2.72. The number of methoxy groups -OCH3 is 1. The zero-order chi connectivity index (χ0) is 15.6. The molecule has 1 heterocycles. The van der Waals surface area contributed by atoms with Crippen molar-refractivity contribution in [2.45, 2.75) is 37.6 Å². The fourth-order valence-corrected chi connectivity index (χ4v) is 4.77. The van der Waals surface area contributed by atoms with Crippen LogP contribution in [0.3, 0.4) is 0 Å². The van der Waals surface area contributed by atoms with Crippen LogP contribution in [0.25, 0.3) is 0 Å². The van der Waals surface area contributed by atoms with Gasteiger partial charge in [-0.25, -0.2) is 17.9 Å². The summed E-state index contributed by atoms with van der Waals surface area (Å²) >= 11 is 1.02. The van der Waals surface area contributed by atoms with E-state index in [0.29, 0.717) is 12.0 Å². The maximum atomic E-state index is 12.5. The quantitative estimate of drug-likeness (QED) is 0.770. The summed E-state index contributed by atoms with van der Waals surface area (Å²) in [5.41, 5.74) is -0.500. The van der Waals surface area contributed by atoms with Crippen LogP contribution in [0, 0.1) is 6.92 Å². The number of hydrogen-bond acceptors (Lipinski definition) is 6. The topological polar surface area (TPSA) is 92.7 Å². The minimum atomic E-state index is -3.92. The Morgan fingerprint density at radius 3 is 2.60 bits per heavy atom. The lowest BCUT2D eigenvalue weighted by molar-refractivity contribution is 0.0602. The summed E-state index contributed by atoms with van der Waals surface area (Å²) in [6, 6.07) is 0. The molecule has 114 valence electrons. The van der Waals surface area contributed by atoms with Crippen LogP contribution in [0.2, 0.25) is 0 Å². The molecule has 0 aliphatic carbocycles. The van der Waals surface area contributed by atoms with E-state index in [1.165, 1.54) is 7.11 Å². The van der Waals surface area contributed by atoms with E-state index in [0.717, 1.165) is 11.3 Å². The molecule has 2 N–H and O–H groups in total. The Labute approximate surface area is 122 Å². The fourth-order valence-electron chi connectivity index (χ4n) is 1.59. The normalized spacial score (nSPS) is 14.8. The summed E-state index contributed by atoms with van der Waals surface area (Å²) in [6.45, 7) is 4.64. The third-order valence-electron chi connectivity index (χ3n) is 3.07. The Balaban J connectivity index is 3.30. The van der Waals surface area contributed by atoms with Gasteiger partial charge in [0, 0.05) is 0 Å². The van der Waals surface area contributed by atoms with Gasteiger partial charge in [0.05, 0.1) is 19.3 Å². The average molecular weight is 321 g/mol. The second-order valence-electron chi connectivity index (χ2n) is 4.75. The number of aliphatic hydroxyl groups is 1. The van der Waals surface area contributed by atoms with Gasteiger partial charge in [0.1, 0.15) is 9.77 Å². The minimum absolute atomic E-state index is 0.0360. The molecular weight excluding hydrogens is 302 g/mol. The highest BCUT2D eigenvalue weighted by molar-refractivity contribution is 7.89. The van der Waals surface area contributed by atoms with Gasteiger partial charge in [-0.15, -0.1) is 11.3 Å². The molecule has 1 aromatic heterocycles. The Hall–Kier alpha value is -0.960. The molecule has 0 aliphatic heterocycles. The van der Waals surface area contributed by atoms with E-state index in [4.69, 9.17) is 0 Å². The number of rotatable bonds is 6. The Bertz CT molecular complexity index is 587. The summed E-state index contributed by atoms with van der Waals surface area (Å²) in [5.74, 6) is -0.689. The summed E-state index contributed by atoms with van der Waals surface area (Å²) < 4.78 is 32.0. The molecule has 0 saturated heterocycles. The van der Waals surface area contributed by atoms with Gasteiger partial charge in [0.2, 0.25) is 10.0 Å². The van der Waals surface area contributed by atoms with E-state index in [9.17, 15) is 18.3 Å². The van der Waals surface area contributed by atoms with Gasteiger partial charge < -0.3 is 9.84 Å². The zero-order valence-corrected chi connectivity index (χ0v) is 13.5. The average Bonchev–Trinajstić information content (AvgIpc) is 2.80. The number of carbonyl (C=O) groups is 1. The first-order valence-corrected chi connectivity index (χ1v) is 8.38. The number of thiophene rings is 1. The van der Waals surface area contributed by atoms with Crippen molar-refractivity contribution in [3.63, 3.8) is 0 Å². The lowest BCUT2D eigenvalue weighted by atomic mass is 10.0. The van der Waals surface area contributed by atoms with E-state index in [-0.39, 0.29) is 16.4 Å². The maximum Gasteiger partial charge on any atom is 0.349 e. The second kappa shape index (κ2) is 6.21. The summed E-state index contributed by atoms with van der Waals surface area (Å²) in [5, 5.41) is 10.9. The molecule has 0 amide bonds. The van der Waals surface area contributed by atoms with Gasteiger partial charge in [0.25, 0.3) is 0 Å². The highest BCUT2D eigenvalue weighted by atomic mass is 32.2. The van der Waals surface area contributed by atoms with Crippen molar-refractivity contribution >= 4 is 27.3 Å². The molecule has 0 spiro atoms. The maximum absolute atomic E-state index is 12.5. The molecule has 1 aromatic rings. The molecule has 0 saturated carbocycles. The van der Waals surface area contributed by atoms with Gasteiger partial charge in [-0.2, -0.15) is 0 Å². The largest absolute Gasteiger partial charge is 0.465 e. The van der Waals surface area contributed by atoms with Crippen molar-refractivity contribution in [3.05, 3.63) is 15.8 Å². The molecule has 20 heavy (non-hydrogen) atoms. The molecule has 0 aliphatic rings. The monoisotopic (exact) mass is 321 g/mol. The molecule has 0 radical (unpaired) electrons. The molecule has 0 bridgehead atoms. The highest BCUT2D eigenvalue weighted by Gasteiger charge is 2.33. The molecule has 1 rings (SSSR count). The number of carbonyl (C=O) groups excluding carboxylic acids is 1. The van der Waals surface area contributed by atoms with Gasteiger partial charge in [0.15, 0.2) is 0 Å². The van der Waals surface area contributed by atoms with Crippen LogP contribution in [0.1, 0.15) is 35.5 Å². The first-order valence-electron chi connectivity index (χ1n) is 6.02. The van der Waals surface area contributed by atoms with Crippen molar-refractivity contribution in [3.8, 4) is 0 Å². The second-order valence-corrected chi connectivity index (χ2v) is 7.25. The van der Waals surface area contributed by atoms with E-state index in [2.05, 4.69) is 9.46 Å². The minimum Gasteiger partial charge on any atom is -0.465 e. The first-order chi connectivity index (χ1) is 9.20. The van der Waals surface area contributed by atoms with Crippen LogP contribution in [0.5, 0.6) is 0 Å². The third kappa shape index (κ3) is 3.38. The molecule has 6 nitrogen and oxygen atoms in total. The number of ether oxygens (including phenoxy) is 1. The molecule has 8 heteroatoms. The van der Waals surface area contributed by atoms with E-state index in [1.54, 1.807) is 26.2 Å². The standard InChI is InChI=1S/C12H19NO5S2/c1-5-12(3,7-14)13-20(16,17)10-8(2)6-19-9(10)11(15)18-4/h6,13-14H,5,7H2,1-4H3. The van der Waals surface area contributed by atoms with E-state index >= 15 is 0 Å². The number of aliphatic hydroxyl groups excluding tert-OH is 1. The predicted octanol–water partition coefficient (Wildman–Crippen LogP) is 1.28. The van der Waals surface area contributed by atoms with E-state index in [1.807, 2.05) is 0 Å². The van der Waals surface area contributed by atoms with Crippen LogP contribution in [-0.2, 0) is 14.8 Å². The van der Waals surface area contributed by atoms with Crippen LogP contribution in [-0.4, -0.2) is 38.7 Å². The van der Waals surface area contributed by atoms with Crippen LogP contribution < -0.4 is 4.72 Å². The van der Waals surface area contributed by atoms with E-state index < -0.39 is 21.5 Å². The van der Waals surface area contributed by atoms with Crippen molar-refractivity contribution in [1.29, 1.82) is 0 Å². The van der Waals surface area contributed by atoms with Crippen molar-refractivity contribution in [2.75, 3.05) is 13.7 Å². The molecular formula is C12H19NO5S2. The zero-order valence-electron chi connectivity index (χ0n) is 11.9. The van der Waals surface area contributed by atoms with Crippen LogP contribution in [0.15, 0.2) is 10.3 Å². The molecule has 0 fully saturated rings. The Morgan fingerprint density at radius 1 is 1.55 bits per heavy atom. The van der Waals surface area contributed by atoms with Gasteiger partial charge in [-0.05, 0) is 31.2 Å². The number of sulfonamides is 1. The molecule has 1 unspecified atom stereocenters. The summed E-state index contributed by atoms with van der Waals surface area (Å²) in [4.78, 5) is 11.6. The van der Waals surface area contributed by atoms with Gasteiger partial charge >= 0.3 is 5.97 Å². The van der Waals surface area contributed by atoms with Gasteiger partial charge in [-0.1, -0.05) is 6.92 Å². The third-order valence-corrected chi connectivity index (χ3v) is 6.10. The fraction of sp³-hybridized carbons (Fsp3) is 0.583. The van der Waals surface area contributed by atoms with Crippen LogP contribution in [0.4, 0.5) is 0 Å². The lowest BCUT2D eigenvalue weighted by Gasteiger charge is -2.26. The van der Waals surface area contributed by atoms with Crippen molar-refractivity contribution < 1.29 is 23.1 Å². The number of esters is 1. The predicted molar refractivity (Wildman–Crippen MR) is 76.5 cm³/mol. The first kappa shape index (κ1) is 17.1. The van der Waals surface area contributed by atoms with Crippen molar-refractivity contribution in [2.24, 2.45) is 0 Å². The number of hydrogen-bond donors (Lipinski definition) is 2. The number of aryl methyl sites for hydroxylation is 1. The van der Waals surface area contributed by atoms with Gasteiger partial charge in [-0.3, -0.25) is 0 Å². The SMILES string of the molecule is CCC(C)(CO)NS(=O)(=O)c1c(C)csc1C(=O)OC. The highest BCUT2D eigenvalue weighted by Crippen LogP contribution is 2.28. The lowest BCUT2D eigenvalue weighted by Crippen LogP contribution is -2.48. The Morgan fingerprint density at radius 2 is 2.15 bits per heavy atom. The summed E-state index contributed by atoms with van der Waals surface area (Å²) in [6.07, 6.45) is 0.416. The van der Waals surface area contributed by atoms with Crippen molar-refractivity contribution in [1.82, 2.24) is 4.72 Å². The molecule has 1 atom stereocenters. The smallest absolute Gasteiger partial charge is 0.349 e. The van der Waals surface area contributed by atoms with Crippen LogP contribution >= 0.6 is 11.3 Å². The number of nitrogens with one attached hydrogen (secondary N) is 1.